The van der Waals surface area contributed by atoms with Crippen LogP contribution < -0.4 is 5.32 Å². The molecule has 1 fully saturated rings. The molecule has 8 nitrogen and oxygen atoms in total. The molecule has 1 unspecified atom stereocenters. The number of carboxylic acids is 1. The largest absolute Gasteiger partial charge is 0.481 e. The molecule has 0 saturated carbocycles. The van der Waals surface area contributed by atoms with E-state index in [4.69, 9.17) is 9.84 Å². The maximum absolute atomic E-state index is 13.5. The van der Waals surface area contributed by atoms with Gasteiger partial charge >= 0.3 is 18.0 Å². The molecule has 0 bridgehead atoms. The Morgan fingerprint density at radius 2 is 1.53 bits per heavy atom. The van der Waals surface area contributed by atoms with E-state index in [0.717, 1.165) is 4.90 Å². The predicted molar refractivity (Wildman–Crippen MR) is 106 cm³/mol. The fraction of sp³-hybridized carbons (Fsp3) is 0.273. The minimum Gasteiger partial charge on any atom is -0.481 e. The number of hydrogen-bond donors (Lipinski definition) is 2. The topological polar surface area (TPSA) is 113 Å². The van der Waals surface area contributed by atoms with Gasteiger partial charge in [-0.05, 0) is 24.5 Å². The van der Waals surface area contributed by atoms with Crippen molar-refractivity contribution in [2.24, 2.45) is 0 Å². The Balaban J connectivity index is 1.87. The van der Waals surface area contributed by atoms with E-state index in [1.165, 1.54) is 6.92 Å². The lowest BCUT2D eigenvalue weighted by Crippen LogP contribution is -2.46. The fourth-order valence-electron chi connectivity index (χ4n) is 3.50. The number of ether oxygens (including phenoxy) is 1. The maximum atomic E-state index is 13.5. The van der Waals surface area contributed by atoms with Gasteiger partial charge < -0.3 is 15.2 Å². The number of amides is 3. The number of benzene rings is 2. The summed E-state index contributed by atoms with van der Waals surface area (Å²) in [6, 6.07) is 17.0. The van der Waals surface area contributed by atoms with Gasteiger partial charge in [0.1, 0.15) is 0 Å². The van der Waals surface area contributed by atoms with Gasteiger partial charge in [-0.2, -0.15) is 0 Å². The van der Waals surface area contributed by atoms with Crippen LogP contribution in [0.3, 0.4) is 0 Å². The number of carbonyl (C=O) groups is 4. The standard InChI is InChI=1S/C22H22N2O6/c1-15(30-19(27)14-8-13-18(25)26)24-20(28)22(23-21(24)29,16-9-4-2-5-10-16)17-11-6-3-7-12-17/h2-7,9-12,15H,8,13-14H2,1H3,(H,23,29)(H,25,26). The summed E-state index contributed by atoms with van der Waals surface area (Å²) < 4.78 is 5.23. The van der Waals surface area contributed by atoms with Crippen LogP contribution in [-0.2, 0) is 24.7 Å². The highest BCUT2D eigenvalue weighted by Crippen LogP contribution is 2.36. The zero-order valence-electron chi connectivity index (χ0n) is 16.4. The van der Waals surface area contributed by atoms with E-state index in [9.17, 15) is 19.2 Å². The van der Waals surface area contributed by atoms with Gasteiger partial charge in [0.05, 0.1) is 0 Å². The molecule has 1 aliphatic rings. The summed E-state index contributed by atoms with van der Waals surface area (Å²) >= 11 is 0. The molecule has 8 heteroatoms. The van der Waals surface area contributed by atoms with E-state index in [-0.39, 0.29) is 19.3 Å². The zero-order chi connectivity index (χ0) is 21.7. The number of aliphatic carboxylic acids is 1. The van der Waals surface area contributed by atoms with E-state index in [2.05, 4.69) is 5.32 Å². The molecular weight excluding hydrogens is 388 g/mol. The van der Waals surface area contributed by atoms with Crippen LogP contribution in [0.4, 0.5) is 4.79 Å². The number of rotatable bonds is 8. The highest BCUT2D eigenvalue weighted by Gasteiger charge is 2.55. The lowest BCUT2D eigenvalue weighted by atomic mass is 9.82. The first kappa shape index (κ1) is 21.0. The van der Waals surface area contributed by atoms with Crippen molar-refractivity contribution in [2.45, 2.75) is 38.0 Å². The molecule has 1 saturated heterocycles. The molecule has 156 valence electrons. The number of nitrogens with zero attached hydrogens (tertiary/aromatic N) is 1. The molecule has 3 rings (SSSR count). The van der Waals surface area contributed by atoms with Crippen molar-refractivity contribution in [1.29, 1.82) is 0 Å². The number of carboxylic acid groups (broad SMARTS) is 1. The average Bonchev–Trinajstić information content (AvgIpc) is 3.00. The molecule has 1 aliphatic heterocycles. The number of hydrogen-bond acceptors (Lipinski definition) is 5. The van der Waals surface area contributed by atoms with Crippen molar-refractivity contribution in [1.82, 2.24) is 10.2 Å². The Labute approximate surface area is 173 Å². The number of nitrogens with one attached hydrogen (secondary N) is 1. The van der Waals surface area contributed by atoms with Crippen molar-refractivity contribution in [3.8, 4) is 0 Å². The van der Waals surface area contributed by atoms with Crippen LogP contribution in [-0.4, -0.2) is 40.1 Å². The molecule has 0 spiro atoms. The summed E-state index contributed by atoms with van der Waals surface area (Å²) in [5.41, 5.74) is -0.280. The summed E-state index contributed by atoms with van der Waals surface area (Å²) in [5, 5.41) is 11.4. The number of urea groups is 1. The molecular formula is C22H22N2O6. The number of carbonyl (C=O) groups excluding carboxylic acids is 3. The zero-order valence-corrected chi connectivity index (χ0v) is 16.4. The Morgan fingerprint density at radius 3 is 2.03 bits per heavy atom. The molecule has 30 heavy (non-hydrogen) atoms. The minimum atomic E-state index is -1.44. The smallest absolute Gasteiger partial charge is 0.328 e. The second-order valence-electron chi connectivity index (χ2n) is 6.92. The molecule has 0 radical (unpaired) electrons. The molecule has 2 aromatic carbocycles. The van der Waals surface area contributed by atoms with Gasteiger partial charge in [0.15, 0.2) is 11.8 Å². The van der Waals surface area contributed by atoms with Gasteiger partial charge in [-0.25, -0.2) is 9.69 Å². The van der Waals surface area contributed by atoms with Crippen molar-refractivity contribution < 1.29 is 29.0 Å². The van der Waals surface area contributed by atoms with Gasteiger partial charge in [0.25, 0.3) is 5.91 Å². The SMILES string of the molecule is CC(OC(=O)CCCC(=O)O)N1C(=O)NC(c2ccccc2)(c2ccccc2)C1=O. The molecule has 0 aliphatic carbocycles. The number of esters is 1. The fourth-order valence-corrected chi connectivity index (χ4v) is 3.50. The molecule has 2 aromatic rings. The monoisotopic (exact) mass is 410 g/mol. The maximum Gasteiger partial charge on any atom is 0.328 e. The minimum absolute atomic E-state index is 0.110. The molecule has 1 heterocycles. The molecule has 1 atom stereocenters. The van der Waals surface area contributed by atoms with Gasteiger partial charge in [0.2, 0.25) is 0 Å². The Morgan fingerprint density at radius 1 is 1.00 bits per heavy atom. The van der Waals surface area contributed by atoms with Crippen molar-refractivity contribution in [3.05, 3.63) is 71.8 Å². The van der Waals surface area contributed by atoms with Crippen LogP contribution in [0.25, 0.3) is 0 Å². The lowest BCUT2D eigenvalue weighted by Gasteiger charge is -2.29. The third kappa shape index (κ3) is 4.03. The summed E-state index contributed by atoms with van der Waals surface area (Å²) in [6.45, 7) is 1.43. The first-order valence-corrected chi connectivity index (χ1v) is 9.54. The first-order valence-electron chi connectivity index (χ1n) is 9.54. The van der Waals surface area contributed by atoms with E-state index in [1.54, 1.807) is 48.5 Å². The first-order chi connectivity index (χ1) is 14.4. The summed E-state index contributed by atoms with van der Waals surface area (Å²) in [7, 11) is 0. The van der Waals surface area contributed by atoms with Crippen molar-refractivity contribution in [3.63, 3.8) is 0 Å². The van der Waals surface area contributed by atoms with Crippen LogP contribution in [0, 0.1) is 0 Å². The van der Waals surface area contributed by atoms with E-state index >= 15 is 0 Å². The van der Waals surface area contributed by atoms with Gasteiger partial charge in [-0.15, -0.1) is 0 Å². The third-order valence-corrected chi connectivity index (χ3v) is 4.90. The van der Waals surface area contributed by atoms with E-state index in [1.807, 2.05) is 12.1 Å². The highest BCUT2D eigenvalue weighted by atomic mass is 16.6. The quantitative estimate of drug-likeness (QED) is 0.511. The summed E-state index contributed by atoms with van der Waals surface area (Å²) in [6.07, 6.45) is -1.33. The Kier molecular flexibility index (Phi) is 6.15. The molecule has 0 aromatic heterocycles. The Hall–Kier alpha value is -3.68. The summed E-state index contributed by atoms with van der Waals surface area (Å²) in [5.74, 6) is -2.25. The third-order valence-electron chi connectivity index (χ3n) is 4.90. The Bertz CT molecular complexity index is 905. The van der Waals surface area contributed by atoms with Crippen LogP contribution in [0.1, 0.15) is 37.3 Å². The summed E-state index contributed by atoms with van der Waals surface area (Å²) in [4.78, 5) is 49.8. The second kappa shape index (κ2) is 8.77. The van der Waals surface area contributed by atoms with Gasteiger partial charge in [0, 0.05) is 12.8 Å². The van der Waals surface area contributed by atoms with Crippen LogP contribution in [0.5, 0.6) is 0 Å². The van der Waals surface area contributed by atoms with E-state index < -0.39 is 35.6 Å². The van der Waals surface area contributed by atoms with Crippen molar-refractivity contribution in [2.75, 3.05) is 0 Å². The number of imide groups is 1. The van der Waals surface area contributed by atoms with E-state index in [0.29, 0.717) is 11.1 Å². The van der Waals surface area contributed by atoms with Crippen LogP contribution in [0.2, 0.25) is 0 Å². The van der Waals surface area contributed by atoms with Crippen LogP contribution >= 0.6 is 0 Å². The van der Waals surface area contributed by atoms with Crippen molar-refractivity contribution >= 4 is 23.9 Å². The lowest BCUT2D eigenvalue weighted by molar-refractivity contribution is -0.158. The van der Waals surface area contributed by atoms with Crippen LogP contribution in [0.15, 0.2) is 60.7 Å². The highest BCUT2D eigenvalue weighted by molar-refractivity contribution is 6.09. The van der Waals surface area contributed by atoms with Gasteiger partial charge in [-0.3, -0.25) is 14.4 Å². The van der Waals surface area contributed by atoms with Gasteiger partial charge in [-0.1, -0.05) is 60.7 Å². The normalized spacial score (nSPS) is 16.1. The molecule has 3 amide bonds. The predicted octanol–water partition coefficient (Wildman–Crippen LogP) is 2.63. The second-order valence-corrected chi connectivity index (χ2v) is 6.92. The molecule has 2 N–H and O–H groups in total. The average molecular weight is 410 g/mol.